The van der Waals surface area contributed by atoms with E-state index in [-0.39, 0.29) is 0 Å². The van der Waals surface area contributed by atoms with E-state index in [0.717, 1.165) is 0 Å². The Hall–Kier alpha value is -0.780. The molecule has 0 aromatic rings. The highest BCUT2D eigenvalue weighted by molar-refractivity contribution is 5.35. The van der Waals surface area contributed by atoms with Crippen molar-refractivity contribution in [3.8, 4) is 0 Å². The third-order valence-corrected chi connectivity index (χ3v) is 5.19. The molecule has 0 aromatic heterocycles. The van der Waals surface area contributed by atoms with Gasteiger partial charge in [0.25, 0.3) is 0 Å². The summed E-state index contributed by atoms with van der Waals surface area (Å²) in [5.41, 5.74) is 5.85. The smallest absolute Gasteiger partial charge is 0.00450 e. The Balaban J connectivity index is 2.18. The fraction of sp³-hybridized carbons (Fsp3) is 0.684. The second-order valence-electron chi connectivity index (χ2n) is 7.31. The molecule has 1 saturated carbocycles. The van der Waals surface area contributed by atoms with E-state index in [9.17, 15) is 0 Å². The lowest BCUT2D eigenvalue weighted by Crippen LogP contribution is -2.26. The van der Waals surface area contributed by atoms with Crippen LogP contribution in [0, 0.1) is 10.8 Å². The van der Waals surface area contributed by atoms with Crippen LogP contribution < -0.4 is 0 Å². The quantitative estimate of drug-likeness (QED) is 0.415. The minimum atomic E-state index is 0.433. The van der Waals surface area contributed by atoms with Crippen molar-refractivity contribution in [2.24, 2.45) is 10.8 Å². The average Bonchev–Trinajstić information content (AvgIpc) is 3.08. The van der Waals surface area contributed by atoms with Gasteiger partial charge in [-0.05, 0) is 70.1 Å². The number of hydrogen-bond acceptors (Lipinski definition) is 0. The Bertz CT molecular complexity index is 425. The van der Waals surface area contributed by atoms with Crippen molar-refractivity contribution >= 4 is 0 Å². The molecule has 0 heteroatoms. The first-order valence-electron chi connectivity index (χ1n) is 7.91. The van der Waals surface area contributed by atoms with Gasteiger partial charge >= 0.3 is 0 Å². The molecule has 2 rings (SSSR count). The predicted octanol–water partition coefficient (Wildman–Crippen LogP) is 6.21. The van der Waals surface area contributed by atoms with Gasteiger partial charge in [-0.3, -0.25) is 0 Å². The lowest BCUT2D eigenvalue weighted by Gasteiger charge is -2.39. The molecule has 2 aliphatic carbocycles. The molecule has 106 valence electrons. The summed E-state index contributed by atoms with van der Waals surface area (Å²) in [7, 11) is 0. The molecule has 0 saturated heterocycles. The minimum Gasteiger partial charge on any atom is -0.0847 e. The summed E-state index contributed by atoms with van der Waals surface area (Å²) in [6, 6.07) is 0. The third kappa shape index (κ3) is 3.04. The largest absolute Gasteiger partial charge is 0.0847 e. The van der Waals surface area contributed by atoms with E-state index in [4.69, 9.17) is 0 Å². The molecule has 0 bridgehead atoms. The van der Waals surface area contributed by atoms with Crippen LogP contribution in [-0.4, -0.2) is 0 Å². The highest BCUT2D eigenvalue weighted by Gasteiger charge is 2.50. The van der Waals surface area contributed by atoms with E-state index in [0.29, 0.717) is 10.8 Å². The maximum Gasteiger partial charge on any atom is -0.00450 e. The first-order valence-corrected chi connectivity index (χ1v) is 7.91. The molecule has 0 unspecified atom stereocenters. The molecule has 0 N–H and O–H groups in total. The van der Waals surface area contributed by atoms with Crippen LogP contribution in [0.2, 0.25) is 0 Å². The van der Waals surface area contributed by atoms with Gasteiger partial charge in [0.15, 0.2) is 0 Å². The van der Waals surface area contributed by atoms with Crippen molar-refractivity contribution in [2.75, 3.05) is 0 Å². The zero-order valence-corrected chi connectivity index (χ0v) is 13.5. The topological polar surface area (TPSA) is 0 Å². The van der Waals surface area contributed by atoms with Crippen LogP contribution in [0.25, 0.3) is 0 Å². The Morgan fingerprint density at radius 2 is 1.89 bits per heavy atom. The first-order chi connectivity index (χ1) is 8.91. The van der Waals surface area contributed by atoms with Gasteiger partial charge in [-0.25, -0.2) is 0 Å². The molecular weight excluding hydrogens is 228 g/mol. The minimum absolute atomic E-state index is 0.433. The fourth-order valence-corrected chi connectivity index (χ4v) is 4.07. The normalized spacial score (nSPS) is 26.1. The standard InChI is InChI=1S/C19H30/c1-6-15(2)9-7-12-19(13-14-19)17-16(3)10-8-11-18(17,4)5/h6-7,9H,8,10-14H2,1-5H3/b9-7+,15-6+. The monoisotopic (exact) mass is 258 g/mol. The molecule has 0 amide bonds. The molecule has 0 spiro atoms. The maximum atomic E-state index is 2.46. The molecule has 0 nitrogen and oxygen atoms in total. The Morgan fingerprint density at radius 1 is 1.21 bits per heavy atom. The van der Waals surface area contributed by atoms with Crippen molar-refractivity contribution in [2.45, 2.75) is 73.1 Å². The summed E-state index contributed by atoms with van der Waals surface area (Å²) in [5.74, 6) is 0. The maximum absolute atomic E-state index is 2.46. The van der Waals surface area contributed by atoms with Crippen molar-refractivity contribution in [3.05, 3.63) is 34.9 Å². The van der Waals surface area contributed by atoms with Gasteiger partial charge in [-0.1, -0.05) is 48.8 Å². The molecule has 19 heavy (non-hydrogen) atoms. The SMILES string of the molecule is C/C=C(C)/C=C/CC1(C2=C(C)CCCC2(C)C)CC1. The second-order valence-corrected chi connectivity index (χ2v) is 7.31. The van der Waals surface area contributed by atoms with Crippen LogP contribution in [-0.2, 0) is 0 Å². The zero-order valence-electron chi connectivity index (χ0n) is 13.5. The van der Waals surface area contributed by atoms with Crippen LogP contribution in [0.3, 0.4) is 0 Å². The highest BCUT2D eigenvalue weighted by atomic mass is 14.5. The molecular formula is C19H30. The second kappa shape index (κ2) is 5.31. The molecule has 0 heterocycles. The van der Waals surface area contributed by atoms with Gasteiger partial charge in [0, 0.05) is 0 Å². The van der Waals surface area contributed by atoms with Gasteiger partial charge in [-0.2, -0.15) is 0 Å². The van der Waals surface area contributed by atoms with Gasteiger partial charge < -0.3 is 0 Å². The molecule has 2 aliphatic rings. The molecule has 1 fully saturated rings. The molecule has 0 atom stereocenters. The van der Waals surface area contributed by atoms with E-state index in [1.807, 2.05) is 5.57 Å². The van der Waals surface area contributed by atoms with E-state index in [2.05, 4.69) is 52.8 Å². The van der Waals surface area contributed by atoms with Crippen LogP contribution in [0.5, 0.6) is 0 Å². The summed E-state index contributed by atoms with van der Waals surface area (Å²) in [6.45, 7) is 11.6. The summed E-state index contributed by atoms with van der Waals surface area (Å²) in [4.78, 5) is 0. The molecule has 0 radical (unpaired) electrons. The van der Waals surface area contributed by atoms with Crippen molar-refractivity contribution < 1.29 is 0 Å². The lowest BCUT2D eigenvalue weighted by atomic mass is 9.66. The van der Waals surface area contributed by atoms with E-state index in [1.165, 1.54) is 44.1 Å². The van der Waals surface area contributed by atoms with E-state index < -0.39 is 0 Å². The van der Waals surface area contributed by atoms with Crippen LogP contribution in [0.4, 0.5) is 0 Å². The summed E-state index contributed by atoms with van der Waals surface area (Å²) >= 11 is 0. The van der Waals surface area contributed by atoms with Gasteiger partial charge in [-0.15, -0.1) is 0 Å². The average molecular weight is 258 g/mol. The third-order valence-electron chi connectivity index (χ3n) is 5.19. The van der Waals surface area contributed by atoms with Gasteiger partial charge in [0.1, 0.15) is 0 Å². The fourth-order valence-electron chi connectivity index (χ4n) is 4.07. The predicted molar refractivity (Wildman–Crippen MR) is 85.2 cm³/mol. The van der Waals surface area contributed by atoms with Gasteiger partial charge in [0.05, 0.1) is 0 Å². The Kier molecular flexibility index (Phi) is 4.08. The van der Waals surface area contributed by atoms with Crippen molar-refractivity contribution in [1.82, 2.24) is 0 Å². The summed E-state index contributed by atoms with van der Waals surface area (Å²) in [6.07, 6.45) is 15.0. The van der Waals surface area contributed by atoms with Crippen molar-refractivity contribution in [1.29, 1.82) is 0 Å². The molecule has 0 aliphatic heterocycles. The summed E-state index contributed by atoms with van der Waals surface area (Å²) < 4.78 is 0. The van der Waals surface area contributed by atoms with Crippen LogP contribution >= 0.6 is 0 Å². The van der Waals surface area contributed by atoms with E-state index in [1.54, 1.807) is 5.57 Å². The van der Waals surface area contributed by atoms with E-state index >= 15 is 0 Å². The zero-order chi connectivity index (χ0) is 14.1. The number of rotatable bonds is 4. The lowest BCUT2D eigenvalue weighted by molar-refractivity contribution is 0.313. The van der Waals surface area contributed by atoms with Crippen molar-refractivity contribution in [3.63, 3.8) is 0 Å². The molecule has 0 aromatic carbocycles. The van der Waals surface area contributed by atoms with Crippen LogP contribution in [0.15, 0.2) is 34.9 Å². The summed E-state index contributed by atoms with van der Waals surface area (Å²) in [5, 5.41) is 0. The number of allylic oxidation sites excluding steroid dienone is 6. The Labute approximate surface area is 119 Å². The number of hydrogen-bond donors (Lipinski definition) is 0. The van der Waals surface area contributed by atoms with Crippen LogP contribution in [0.1, 0.15) is 73.1 Å². The highest BCUT2D eigenvalue weighted by Crippen LogP contribution is 2.63. The Morgan fingerprint density at radius 3 is 2.42 bits per heavy atom. The first kappa shape index (κ1) is 14.6. The van der Waals surface area contributed by atoms with Gasteiger partial charge in [0.2, 0.25) is 0 Å².